The molecule has 0 bridgehead atoms. The van der Waals surface area contributed by atoms with Crippen molar-refractivity contribution < 1.29 is 0 Å². The molecule has 2 aliphatic heterocycles. The number of hydrogen-bond donors (Lipinski definition) is 1. The van der Waals surface area contributed by atoms with E-state index in [1.165, 1.54) is 38.2 Å². The van der Waals surface area contributed by atoms with Gasteiger partial charge in [-0.2, -0.15) is 0 Å². The number of nitrogens with zero attached hydrogens (tertiary/aromatic N) is 2. The Hall–Kier alpha value is -0.450. The minimum atomic E-state index is 0.865. The standard InChI is InChI=1S/C13H18BrN3/c14-13-3-10(4-15-7-13)8-17-2-1-11-5-16-6-12(11)9-17/h3-4,7,11-12,16H,1-2,5-6,8-9H2. The Kier molecular flexibility index (Phi) is 3.45. The zero-order chi connectivity index (χ0) is 11.7. The van der Waals surface area contributed by atoms with Gasteiger partial charge in [0.2, 0.25) is 0 Å². The van der Waals surface area contributed by atoms with Crippen molar-refractivity contribution in [2.45, 2.75) is 13.0 Å². The predicted octanol–water partition coefficient (Wildman–Crippen LogP) is 1.89. The van der Waals surface area contributed by atoms with Crippen LogP contribution in [0.15, 0.2) is 22.9 Å². The molecule has 0 spiro atoms. The summed E-state index contributed by atoms with van der Waals surface area (Å²) < 4.78 is 1.08. The molecule has 3 nitrogen and oxygen atoms in total. The van der Waals surface area contributed by atoms with E-state index in [1.807, 2.05) is 12.4 Å². The first kappa shape index (κ1) is 11.6. The van der Waals surface area contributed by atoms with Crippen molar-refractivity contribution in [3.05, 3.63) is 28.5 Å². The fourth-order valence-corrected chi connectivity index (χ4v) is 3.47. The molecule has 3 rings (SSSR count). The molecule has 4 heteroatoms. The molecular weight excluding hydrogens is 278 g/mol. The number of aromatic nitrogens is 1. The Balaban J connectivity index is 1.62. The van der Waals surface area contributed by atoms with Gasteiger partial charge in [0.25, 0.3) is 0 Å². The van der Waals surface area contributed by atoms with Crippen LogP contribution in [0.3, 0.4) is 0 Å². The van der Waals surface area contributed by atoms with Gasteiger partial charge in [-0.1, -0.05) is 0 Å². The molecule has 2 saturated heterocycles. The number of hydrogen-bond acceptors (Lipinski definition) is 3. The second-order valence-electron chi connectivity index (χ2n) is 5.21. The molecule has 3 heterocycles. The summed E-state index contributed by atoms with van der Waals surface area (Å²) in [6.45, 7) is 5.95. The lowest BCUT2D eigenvalue weighted by Gasteiger charge is -2.34. The van der Waals surface area contributed by atoms with Crippen LogP contribution in [0.4, 0.5) is 0 Å². The highest BCUT2D eigenvalue weighted by molar-refractivity contribution is 9.10. The van der Waals surface area contributed by atoms with Gasteiger partial charge in [0.1, 0.15) is 0 Å². The molecule has 0 radical (unpaired) electrons. The first-order valence-electron chi connectivity index (χ1n) is 6.34. The van der Waals surface area contributed by atoms with Gasteiger partial charge in [0, 0.05) is 30.0 Å². The predicted molar refractivity (Wildman–Crippen MR) is 71.7 cm³/mol. The third-order valence-corrected chi connectivity index (χ3v) is 4.39. The Labute approximate surface area is 111 Å². The molecule has 0 amide bonds. The lowest BCUT2D eigenvalue weighted by atomic mass is 9.88. The number of pyridine rings is 1. The van der Waals surface area contributed by atoms with Crippen LogP contribution < -0.4 is 5.32 Å². The fraction of sp³-hybridized carbons (Fsp3) is 0.615. The van der Waals surface area contributed by atoms with Crippen molar-refractivity contribution >= 4 is 15.9 Å². The van der Waals surface area contributed by atoms with Crippen molar-refractivity contribution in [3.63, 3.8) is 0 Å². The summed E-state index contributed by atoms with van der Waals surface area (Å²) in [5.74, 6) is 1.79. The summed E-state index contributed by atoms with van der Waals surface area (Å²) >= 11 is 3.48. The Morgan fingerprint density at radius 2 is 2.24 bits per heavy atom. The number of fused-ring (bicyclic) bond motifs is 1. The van der Waals surface area contributed by atoms with Gasteiger partial charge in [0.15, 0.2) is 0 Å². The highest BCUT2D eigenvalue weighted by atomic mass is 79.9. The lowest BCUT2D eigenvalue weighted by molar-refractivity contribution is 0.142. The van der Waals surface area contributed by atoms with Crippen LogP contribution in [0, 0.1) is 11.8 Å². The molecule has 2 unspecified atom stereocenters. The third-order valence-electron chi connectivity index (χ3n) is 3.96. The van der Waals surface area contributed by atoms with Crippen LogP contribution in [0.5, 0.6) is 0 Å². The fourth-order valence-electron chi connectivity index (χ4n) is 3.05. The number of rotatable bonds is 2. The number of nitrogens with one attached hydrogen (secondary N) is 1. The third kappa shape index (κ3) is 2.69. The Morgan fingerprint density at radius 3 is 3.12 bits per heavy atom. The zero-order valence-corrected chi connectivity index (χ0v) is 11.5. The van der Waals surface area contributed by atoms with E-state index in [0.29, 0.717) is 0 Å². The Morgan fingerprint density at radius 1 is 1.35 bits per heavy atom. The average Bonchev–Trinajstić information content (AvgIpc) is 2.76. The van der Waals surface area contributed by atoms with E-state index in [0.717, 1.165) is 22.9 Å². The van der Waals surface area contributed by atoms with Gasteiger partial charge in [-0.05, 0) is 65.5 Å². The van der Waals surface area contributed by atoms with E-state index in [1.54, 1.807) is 0 Å². The molecule has 0 aromatic carbocycles. The molecule has 17 heavy (non-hydrogen) atoms. The summed E-state index contributed by atoms with van der Waals surface area (Å²) in [5, 5.41) is 3.51. The van der Waals surface area contributed by atoms with Gasteiger partial charge >= 0.3 is 0 Å². The summed E-state index contributed by atoms with van der Waals surface area (Å²) in [6.07, 6.45) is 5.17. The molecule has 2 fully saturated rings. The number of halogens is 1. The van der Waals surface area contributed by atoms with Crippen LogP contribution in [-0.2, 0) is 6.54 Å². The van der Waals surface area contributed by atoms with Gasteiger partial charge < -0.3 is 5.32 Å². The molecule has 1 aromatic heterocycles. The van der Waals surface area contributed by atoms with Gasteiger partial charge in [-0.15, -0.1) is 0 Å². The van der Waals surface area contributed by atoms with Gasteiger partial charge in [-0.25, -0.2) is 0 Å². The van der Waals surface area contributed by atoms with E-state index < -0.39 is 0 Å². The van der Waals surface area contributed by atoms with Crippen molar-refractivity contribution in [2.75, 3.05) is 26.2 Å². The van der Waals surface area contributed by atoms with Gasteiger partial charge in [0.05, 0.1) is 0 Å². The number of likely N-dealkylation sites (tertiary alicyclic amines) is 1. The van der Waals surface area contributed by atoms with E-state index >= 15 is 0 Å². The molecule has 0 saturated carbocycles. The summed E-state index contributed by atoms with van der Waals surface area (Å²) in [4.78, 5) is 6.80. The SMILES string of the molecule is Brc1cncc(CN2CCC3CNCC3C2)c1. The van der Waals surface area contributed by atoms with Gasteiger partial charge in [-0.3, -0.25) is 9.88 Å². The second-order valence-corrected chi connectivity index (χ2v) is 6.13. The monoisotopic (exact) mass is 295 g/mol. The molecule has 92 valence electrons. The van der Waals surface area contributed by atoms with Crippen LogP contribution in [-0.4, -0.2) is 36.1 Å². The van der Waals surface area contributed by atoms with E-state index in [-0.39, 0.29) is 0 Å². The molecule has 1 aromatic rings. The summed E-state index contributed by atoms with van der Waals surface area (Å²) in [7, 11) is 0. The van der Waals surface area contributed by atoms with Crippen molar-refractivity contribution in [1.29, 1.82) is 0 Å². The maximum atomic E-state index is 4.23. The topological polar surface area (TPSA) is 28.2 Å². The summed E-state index contributed by atoms with van der Waals surface area (Å²) in [6, 6.07) is 2.17. The number of piperidine rings is 1. The highest BCUT2D eigenvalue weighted by Crippen LogP contribution is 2.27. The maximum Gasteiger partial charge on any atom is 0.0410 e. The highest BCUT2D eigenvalue weighted by Gasteiger charge is 2.32. The maximum absolute atomic E-state index is 4.23. The minimum absolute atomic E-state index is 0.865. The van der Waals surface area contributed by atoms with Crippen LogP contribution >= 0.6 is 15.9 Å². The minimum Gasteiger partial charge on any atom is -0.316 e. The molecule has 2 aliphatic rings. The van der Waals surface area contributed by atoms with Crippen molar-refractivity contribution in [2.24, 2.45) is 11.8 Å². The quantitative estimate of drug-likeness (QED) is 0.903. The molecule has 1 N–H and O–H groups in total. The van der Waals surface area contributed by atoms with Crippen molar-refractivity contribution in [1.82, 2.24) is 15.2 Å². The average molecular weight is 296 g/mol. The first-order chi connectivity index (χ1) is 8.31. The van der Waals surface area contributed by atoms with Crippen LogP contribution in [0.25, 0.3) is 0 Å². The van der Waals surface area contributed by atoms with E-state index in [9.17, 15) is 0 Å². The van der Waals surface area contributed by atoms with Crippen molar-refractivity contribution in [3.8, 4) is 0 Å². The zero-order valence-electron chi connectivity index (χ0n) is 9.90. The van der Waals surface area contributed by atoms with Crippen LogP contribution in [0.1, 0.15) is 12.0 Å². The van der Waals surface area contributed by atoms with Crippen LogP contribution in [0.2, 0.25) is 0 Å². The molecular formula is C13H18BrN3. The lowest BCUT2D eigenvalue weighted by Crippen LogP contribution is -2.39. The summed E-state index contributed by atoms with van der Waals surface area (Å²) in [5.41, 5.74) is 1.31. The van der Waals surface area contributed by atoms with E-state index in [2.05, 4.69) is 37.2 Å². The Bertz CT molecular complexity index is 396. The second kappa shape index (κ2) is 5.04. The normalized spacial score (nSPS) is 29.2. The smallest absolute Gasteiger partial charge is 0.0410 e. The molecule has 2 atom stereocenters. The largest absolute Gasteiger partial charge is 0.316 e. The molecule has 0 aliphatic carbocycles. The first-order valence-corrected chi connectivity index (χ1v) is 7.13. The van der Waals surface area contributed by atoms with E-state index in [4.69, 9.17) is 0 Å².